The Hall–Kier alpha value is -2.45. The molecule has 4 N–H and O–H groups in total. The van der Waals surface area contributed by atoms with E-state index in [9.17, 15) is 21.9 Å². The van der Waals surface area contributed by atoms with E-state index in [1.807, 2.05) is 6.92 Å². The predicted molar refractivity (Wildman–Crippen MR) is 115 cm³/mol. The van der Waals surface area contributed by atoms with Gasteiger partial charge in [-0.1, -0.05) is 13.0 Å². The fourth-order valence-corrected chi connectivity index (χ4v) is 4.97. The molecule has 1 aliphatic heterocycles. The molecule has 3 rings (SSSR count). The number of hydrogen-bond donors (Lipinski definition) is 4. The van der Waals surface area contributed by atoms with Gasteiger partial charge in [0.15, 0.2) is 11.6 Å². The molecular weight excluding hydrogens is 446 g/mol. The van der Waals surface area contributed by atoms with Gasteiger partial charge in [0.05, 0.1) is 11.7 Å². The molecule has 2 aromatic rings. The molecule has 0 radical (unpaired) electrons. The third-order valence-corrected chi connectivity index (χ3v) is 7.48. The van der Waals surface area contributed by atoms with Gasteiger partial charge in [-0.05, 0) is 37.6 Å². The number of benzene rings is 1. The first-order chi connectivity index (χ1) is 14.4. The van der Waals surface area contributed by atoms with E-state index in [4.69, 9.17) is 4.42 Å². The van der Waals surface area contributed by atoms with Crippen molar-refractivity contribution >= 4 is 31.8 Å². The summed E-state index contributed by atoms with van der Waals surface area (Å²) in [5.74, 6) is 0.762. The van der Waals surface area contributed by atoms with Gasteiger partial charge in [0, 0.05) is 14.1 Å². The summed E-state index contributed by atoms with van der Waals surface area (Å²) < 4.78 is 61.7. The molecule has 13 heteroatoms. The summed E-state index contributed by atoms with van der Waals surface area (Å²) in [6.45, 7) is 3.71. The molecule has 0 saturated carbocycles. The van der Waals surface area contributed by atoms with Crippen LogP contribution in [-0.2, 0) is 20.2 Å². The Morgan fingerprint density at radius 2 is 2.00 bits per heavy atom. The van der Waals surface area contributed by atoms with Crippen molar-refractivity contribution in [1.82, 2.24) is 14.3 Å². The number of aromatic hydroxyl groups is 1. The summed E-state index contributed by atoms with van der Waals surface area (Å²) in [5, 5.41) is 16.4. The molecule has 11 nitrogen and oxygen atoms in total. The van der Waals surface area contributed by atoms with Crippen molar-refractivity contribution in [2.45, 2.75) is 37.4 Å². The monoisotopic (exact) mass is 471 g/mol. The Morgan fingerprint density at radius 1 is 1.29 bits per heavy atom. The number of aryl methyl sites for hydroxylation is 1. The first-order valence-electron chi connectivity index (χ1n) is 9.40. The Morgan fingerprint density at radius 3 is 2.58 bits per heavy atom. The minimum atomic E-state index is -3.99. The highest BCUT2D eigenvalue weighted by Gasteiger charge is 2.34. The molecule has 0 aliphatic carbocycles. The van der Waals surface area contributed by atoms with E-state index in [0.717, 1.165) is 10.1 Å². The highest BCUT2D eigenvalue weighted by atomic mass is 32.2. The smallest absolute Gasteiger partial charge is 0.323 e. The molecule has 1 aromatic carbocycles. The lowest BCUT2D eigenvalue weighted by Crippen LogP contribution is -2.48. The van der Waals surface area contributed by atoms with Crippen LogP contribution in [0.2, 0.25) is 0 Å². The van der Waals surface area contributed by atoms with Crippen molar-refractivity contribution in [2.75, 3.05) is 19.4 Å². The fraction of sp³-hybridized carbons (Fsp3) is 0.389. The third-order valence-electron chi connectivity index (χ3n) is 4.66. The van der Waals surface area contributed by atoms with Gasteiger partial charge in [-0.25, -0.2) is 12.7 Å². The quantitative estimate of drug-likeness (QED) is 0.440. The molecule has 31 heavy (non-hydrogen) atoms. The molecule has 0 spiro atoms. The van der Waals surface area contributed by atoms with Crippen molar-refractivity contribution in [1.29, 1.82) is 0 Å². The Kier molecular flexibility index (Phi) is 6.43. The first-order valence-corrected chi connectivity index (χ1v) is 12.3. The summed E-state index contributed by atoms with van der Waals surface area (Å²) in [4.78, 5) is -0.320. The van der Waals surface area contributed by atoms with Crippen molar-refractivity contribution in [2.24, 2.45) is 4.40 Å². The zero-order valence-corrected chi connectivity index (χ0v) is 19.1. The van der Waals surface area contributed by atoms with E-state index in [2.05, 4.69) is 19.8 Å². The van der Waals surface area contributed by atoms with Gasteiger partial charge in [-0.2, -0.15) is 13.1 Å². The lowest BCUT2D eigenvalue weighted by atomic mass is 10.1. The molecule has 0 fully saturated rings. The molecule has 1 unspecified atom stereocenters. The largest absolute Gasteiger partial charge is 0.504 e. The Balaban J connectivity index is 1.90. The topological polar surface area (TPSA) is 153 Å². The van der Waals surface area contributed by atoms with Crippen LogP contribution in [0, 0.1) is 6.92 Å². The maximum absolute atomic E-state index is 12.4. The summed E-state index contributed by atoms with van der Waals surface area (Å²) in [7, 11) is -5.22. The van der Waals surface area contributed by atoms with Gasteiger partial charge in [-0.15, -0.1) is 4.40 Å². The number of hydrogen-bond acceptors (Lipinski definition) is 8. The zero-order chi connectivity index (χ0) is 23.0. The van der Waals surface area contributed by atoms with Crippen molar-refractivity contribution in [3.8, 4) is 5.75 Å². The maximum atomic E-state index is 12.4. The molecule has 1 aliphatic rings. The number of phenolic OH excluding ortho intramolecular Hbond substituents is 1. The average Bonchev–Trinajstić information content (AvgIpc) is 3.23. The molecule has 2 heterocycles. The second-order valence-corrected chi connectivity index (χ2v) is 10.6. The van der Waals surface area contributed by atoms with Crippen LogP contribution < -0.4 is 15.4 Å². The summed E-state index contributed by atoms with van der Waals surface area (Å²) in [6.07, 6.45) is -0.353. The molecule has 0 bridgehead atoms. The van der Waals surface area contributed by atoms with Crippen LogP contribution in [0.4, 0.5) is 5.69 Å². The molecule has 1 aromatic heterocycles. The Labute approximate surface area is 181 Å². The number of nitrogens with one attached hydrogen (secondary N) is 3. The lowest BCUT2D eigenvalue weighted by Gasteiger charge is -2.22. The SMILES string of the molecule is CC[C@@H](NC1NS(=O)(=O)N=C1Nc1cccc(S(=O)(=O)N(C)C)c1O)c1ccc(C)o1. The van der Waals surface area contributed by atoms with E-state index in [1.165, 1.54) is 32.3 Å². The van der Waals surface area contributed by atoms with Gasteiger partial charge in [0.2, 0.25) is 10.0 Å². The van der Waals surface area contributed by atoms with E-state index in [-0.39, 0.29) is 22.5 Å². The number of furan rings is 1. The van der Waals surface area contributed by atoms with E-state index in [0.29, 0.717) is 12.2 Å². The summed E-state index contributed by atoms with van der Waals surface area (Å²) >= 11 is 0. The molecular formula is C18H25N5O6S2. The van der Waals surface area contributed by atoms with Crippen LogP contribution in [0.3, 0.4) is 0 Å². The van der Waals surface area contributed by atoms with Gasteiger partial charge < -0.3 is 14.8 Å². The minimum absolute atomic E-state index is 0.00531. The predicted octanol–water partition coefficient (Wildman–Crippen LogP) is 1.27. The van der Waals surface area contributed by atoms with Crippen molar-refractivity contribution < 1.29 is 26.4 Å². The van der Waals surface area contributed by atoms with Crippen molar-refractivity contribution in [3.05, 3.63) is 41.9 Å². The van der Waals surface area contributed by atoms with E-state index >= 15 is 0 Å². The third kappa shape index (κ3) is 4.91. The number of para-hydroxylation sites is 1. The molecule has 0 saturated heterocycles. The normalized spacial score (nSPS) is 19.4. The number of anilines is 1. The van der Waals surface area contributed by atoms with Crippen LogP contribution in [0.25, 0.3) is 0 Å². The number of rotatable bonds is 7. The molecule has 2 atom stereocenters. The maximum Gasteiger partial charge on any atom is 0.323 e. The van der Waals surface area contributed by atoms with Crippen LogP contribution >= 0.6 is 0 Å². The van der Waals surface area contributed by atoms with Gasteiger partial charge in [0.25, 0.3) is 0 Å². The minimum Gasteiger partial charge on any atom is -0.504 e. The van der Waals surface area contributed by atoms with Gasteiger partial charge >= 0.3 is 10.2 Å². The van der Waals surface area contributed by atoms with E-state index < -0.39 is 32.1 Å². The highest BCUT2D eigenvalue weighted by Crippen LogP contribution is 2.33. The number of amidine groups is 1. The molecule has 170 valence electrons. The second kappa shape index (κ2) is 8.59. The highest BCUT2D eigenvalue weighted by molar-refractivity contribution is 7.89. The number of nitrogens with zero attached hydrogens (tertiary/aromatic N) is 2. The Bertz CT molecular complexity index is 1200. The fourth-order valence-electron chi connectivity index (χ4n) is 3.03. The second-order valence-electron chi connectivity index (χ2n) is 7.14. The van der Waals surface area contributed by atoms with Crippen molar-refractivity contribution in [3.63, 3.8) is 0 Å². The van der Waals surface area contributed by atoms with Crippen LogP contribution in [0.5, 0.6) is 5.75 Å². The first kappa shape index (κ1) is 23.2. The lowest BCUT2D eigenvalue weighted by molar-refractivity contribution is 0.378. The number of sulfonamides is 1. The van der Waals surface area contributed by atoms with Gasteiger partial charge in [0.1, 0.15) is 22.6 Å². The average molecular weight is 472 g/mol. The van der Waals surface area contributed by atoms with Crippen LogP contribution in [-0.4, -0.2) is 52.3 Å². The number of phenols is 1. The van der Waals surface area contributed by atoms with E-state index in [1.54, 1.807) is 19.1 Å². The summed E-state index contributed by atoms with van der Waals surface area (Å²) in [6, 6.07) is 7.39. The van der Waals surface area contributed by atoms with Gasteiger partial charge in [-0.3, -0.25) is 5.32 Å². The van der Waals surface area contributed by atoms with Crippen LogP contribution in [0.1, 0.15) is 30.9 Å². The van der Waals surface area contributed by atoms with Crippen LogP contribution in [0.15, 0.2) is 44.0 Å². The summed E-state index contributed by atoms with van der Waals surface area (Å²) in [5.41, 5.74) is -0.00531. The molecule has 0 amide bonds. The standard InChI is InChI=1S/C18H25N5O6S2/c1-5-12(14-10-9-11(2)29-14)19-17-18(22-31(27,28)21-17)20-13-7-6-8-15(16(13)24)30(25,26)23(3)4/h6-10,12,17,19,21,24H,5H2,1-4H3,(H,20,22)/t12-,17?/m1/s1. The zero-order valence-electron chi connectivity index (χ0n) is 17.4.